The van der Waals surface area contributed by atoms with Crippen molar-refractivity contribution in [1.82, 2.24) is 10.3 Å². The van der Waals surface area contributed by atoms with Crippen molar-refractivity contribution in [2.45, 2.75) is 44.6 Å². The van der Waals surface area contributed by atoms with Gasteiger partial charge < -0.3 is 5.32 Å². The van der Waals surface area contributed by atoms with Crippen LogP contribution in [0.25, 0.3) is 0 Å². The number of aromatic nitrogens is 1. The highest BCUT2D eigenvalue weighted by Gasteiger charge is 2.23. The summed E-state index contributed by atoms with van der Waals surface area (Å²) in [5.74, 6) is 0.648. The Morgan fingerprint density at radius 1 is 1.29 bits per heavy atom. The Labute approximate surface area is 127 Å². The van der Waals surface area contributed by atoms with Crippen LogP contribution in [0.1, 0.15) is 53.6 Å². The molecule has 3 rings (SSSR count). The van der Waals surface area contributed by atoms with Crippen molar-refractivity contribution in [3.63, 3.8) is 0 Å². The van der Waals surface area contributed by atoms with Gasteiger partial charge in [-0.2, -0.15) is 0 Å². The Kier molecular flexibility index (Phi) is 4.35. The molecule has 2 aromatic rings. The molecular weight excluding hydrogens is 256 g/mol. The standard InChI is InChI=1S/C19H24N2/c1-14-10-11-21-19(12-14)18(20-2)13-16-8-5-7-15-6-3-4-9-17(15)16/h3-4,6,9-12,16,18,20H,5,7-8,13H2,1-2H3. The third-order valence-corrected chi connectivity index (χ3v) is 4.66. The van der Waals surface area contributed by atoms with Crippen LogP contribution in [-0.2, 0) is 6.42 Å². The van der Waals surface area contributed by atoms with Crippen LogP contribution in [0.4, 0.5) is 0 Å². The molecule has 2 unspecified atom stereocenters. The van der Waals surface area contributed by atoms with Crippen molar-refractivity contribution in [3.05, 3.63) is 65.0 Å². The Balaban J connectivity index is 1.82. The SMILES string of the molecule is CNC(CC1CCCc2ccccc21)c1cc(C)ccn1. The van der Waals surface area contributed by atoms with Crippen molar-refractivity contribution < 1.29 is 0 Å². The molecule has 1 N–H and O–H groups in total. The second-order valence-corrected chi connectivity index (χ2v) is 6.12. The number of nitrogens with zero attached hydrogens (tertiary/aromatic N) is 1. The monoisotopic (exact) mass is 280 g/mol. The van der Waals surface area contributed by atoms with Gasteiger partial charge in [0.25, 0.3) is 0 Å². The summed E-state index contributed by atoms with van der Waals surface area (Å²) in [4.78, 5) is 4.57. The minimum Gasteiger partial charge on any atom is -0.312 e. The molecule has 0 aliphatic heterocycles. The topological polar surface area (TPSA) is 24.9 Å². The second kappa shape index (κ2) is 6.40. The van der Waals surface area contributed by atoms with E-state index in [0.717, 1.165) is 6.42 Å². The summed E-state index contributed by atoms with van der Waals surface area (Å²) in [6.45, 7) is 2.13. The molecule has 1 aromatic heterocycles. The quantitative estimate of drug-likeness (QED) is 0.909. The lowest BCUT2D eigenvalue weighted by Crippen LogP contribution is -2.22. The number of hydrogen-bond donors (Lipinski definition) is 1. The predicted octanol–water partition coefficient (Wildman–Crippen LogP) is 4.16. The molecule has 0 radical (unpaired) electrons. The van der Waals surface area contributed by atoms with Crippen LogP contribution >= 0.6 is 0 Å². The van der Waals surface area contributed by atoms with Gasteiger partial charge in [0.15, 0.2) is 0 Å². The third-order valence-electron chi connectivity index (χ3n) is 4.66. The first kappa shape index (κ1) is 14.3. The molecule has 0 saturated heterocycles. The van der Waals surface area contributed by atoms with Gasteiger partial charge >= 0.3 is 0 Å². The molecule has 21 heavy (non-hydrogen) atoms. The molecule has 0 bridgehead atoms. The highest BCUT2D eigenvalue weighted by Crippen LogP contribution is 2.37. The van der Waals surface area contributed by atoms with E-state index in [1.54, 1.807) is 11.1 Å². The average molecular weight is 280 g/mol. The van der Waals surface area contributed by atoms with Crippen LogP contribution in [0.5, 0.6) is 0 Å². The third kappa shape index (κ3) is 3.16. The van der Waals surface area contributed by atoms with Crippen LogP contribution in [0.2, 0.25) is 0 Å². The fourth-order valence-corrected chi connectivity index (χ4v) is 3.52. The lowest BCUT2D eigenvalue weighted by Gasteiger charge is -2.29. The molecular formula is C19H24N2. The smallest absolute Gasteiger partial charge is 0.0575 e. The fraction of sp³-hybridized carbons (Fsp3) is 0.421. The van der Waals surface area contributed by atoms with Gasteiger partial charge in [-0.25, -0.2) is 0 Å². The van der Waals surface area contributed by atoms with Gasteiger partial charge in [0.1, 0.15) is 0 Å². The zero-order valence-corrected chi connectivity index (χ0v) is 13.0. The Morgan fingerprint density at radius 3 is 2.95 bits per heavy atom. The molecule has 1 aromatic carbocycles. The Morgan fingerprint density at radius 2 is 2.14 bits per heavy atom. The summed E-state index contributed by atoms with van der Waals surface area (Å²) in [7, 11) is 2.05. The number of pyridine rings is 1. The highest BCUT2D eigenvalue weighted by atomic mass is 14.9. The summed E-state index contributed by atoms with van der Waals surface area (Å²) in [6.07, 6.45) is 6.88. The van der Waals surface area contributed by atoms with Crippen molar-refractivity contribution in [3.8, 4) is 0 Å². The average Bonchev–Trinajstić information content (AvgIpc) is 2.52. The predicted molar refractivity (Wildman–Crippen MR) is 87.5 cm³/mol. The molecule has 2 heteroatoms. The number of benzene rings is 1. The highest BCUT2D eigenvalue weighted by molar-refractivity contribution is 5.33. The van der Waals surface area contributed by atoms with Crippen molar-refractivity contribution in [1.29, 1.82) is 0 Å². The molecule has 2 nitrogen and oxygen atoms in total. The number of aryl methyl sites for hydroxylation is 2. The number of rotatable bonds is 4. The van der Waals surface area contributed by atoms with E-state index >= 15 is 0 Å². The molecule has 0 saturated carbocycles. The zero-order valence-electron chi connectivity index (χ0n) is 13.0. The lowest BCUT2D eigenvalue weighted by atomic mass is 9.79. The largest absolute Gasteiger partial charge is 0.312 e. The van der Waals surface area contributed by atoms with E-state index in [0.29, 0.717) is 12.0 Å². The molecule has 110 valence electrons. The zero-order chi connectivity index (χ0) is 14.7. The molecule has 0 spiro atoms. The van der Waals surface area contributed by atoms with E-state index in [2.05, 4.69) is 53.6 Å². The molecule has 1 aliphatic carbocycles. The van der Waals surface area contributed by atoms with E-state index < -0.39 is 0 Å². The molecule has 0 fully saturated rings. The molecule has 1 heterocycles. The van der Waals surface area contributed by atoms with Crippen molar-refractivity contribution in [2.24, 2.45) is 0 Å². The van der Waals surface area contributed by atoms with Crippen LogP contribution in [-0.4, -0.2) is 12.0 Å². The van der Waals surface area contributed by atoms with Gasteiger partial charge in [-0.05, 0) is 74.4 Å². The number of fused-ring (bicyclic) bond motifs is 1. The minimum absolute atomic E-state index is 0.334. The summed E-state index contributed by atoms with van der Waals surface area (Å²) in [5.41, 5.74) is 5.54. The summed E-state index contributed by atoms with van der Waals surface area (Å²) >= 11 is 0. The molecule has 1 aliphatic rings. The molecule has 2 atom stereocenters. The van der Waals surface area contributed by atoms with Gasteiger partial charge in [0.2, 0.25) is 0 Å². The van der Waals surface area contributed by atoms with Gasteiger partial charge in [-0.3, -0.25) is 4.98 Å². The number of hydrogen-bond acceptors (Lipinski definition) is 2. The van der Waals surface area contributed by atoms with Gasteiger partial charge in [0.05, 0.1) is 5.69 Å². The first-order valence-electron chi connectivity index (χ1n) is 7.95. The fourth-order valence-electron chi connectivity index (χ4n) is 3.52. The van der Waals surface area contributed by atoms with Crippen LogP contribution < -0.4 is 5.32 Å². The maximum absolute atomic E-state index is 4.57. The first-order chi connectivity index (χ1) is 10.3. The van der Waals surface area contributed by atoms with E-state index in [-0.39, 0.29) is 0 Å². The Bertz CT molecular complexity index is 606. The van der Waals surface area contributed by atoms with E-state index in [9.17, 15) is 0 Å². The van der Waals surface area contributed by atoms with Crippen molar-refractivity contribution in [2.75, 3.05) is 7.05 Å². The van der Waals surface area contributed by atoms with E-state index in [1.165, 1.54) is 30.5 Å². The van der Waals surface area contributed by atoms with Crippen LogP contribution in [0.3, 0.4) is 0 Å². The van der Waals surface area contributed by atoms with Crippen LogP contribution in [0, 0.1) is 6.92 Å². The lowest BCUT2D eigenvalue weighted by molar-refractivity contribution is 0.434. The van der Waals surface area contributed by atoms with Gasteiger partial charge in [0, 0.05) is 12.2 Å². The summed E-state index contributed by atoms with van der Waals surface area (Å²) in [5, 5.41) is 3.46. The minimum atomic E-state index is 0.334. The Hall–Kier alpha value is -1.67. The molecule has 0 amide bonds. The normalized spacial score (nSPS) is 19.0. The first-order valence-corrected chi connectivity index (χ1v) is 7.95. The van der Waals surface area contributed by atoms with Crippen LogP contribution in [0.15, 0.2) is 42.6 Å². The van der Waals surface area contributed by atoms with E-state index in [4.69, 9.17) is 0 Å². The second-order valence-electron chi connectivity index (χ2n) is 6.12. The number of nitrogens with one attached hydrogen (secondary N) is 1. The van der Waals surface area contributed by atoms with Gasteiger partial charge in [-0.1, -0.05) is 24.3 Å². The van der Waals surface area contributed by atoms with Crippen molar-refractivity contribution >= 4 is 0 Å². The van der Waals surface area contributed by atoms with E-state index in [1.807, 2.05) is 13.2 Å². The summed E-state index contributed by atoms with van der Waals surface area (Å²) in [6, 6.07) is 13.6. The maximum atomic E-state index is 4.57. The van der Waals surface area contributed by atoms with Gasteiger partial charge in [-0.15, -0.1) is 0 Å². The summed E-state index contributed by atoms with van der Waals surface area (Å²) < 4.78 is 0. The maximum Gasteiger partial charge on any atom is 0.0575 e.